The van der Waals surface area contributed by atoms with E-state index in [-0.39, 0.29) is 0 Å². The van der Waals surface area contributed by atoms with Crippen LogP contribution in [0.5, 0.6) is 0 Å². The number of nitrogens with two attached hydrogens (primary N) is 1. The van der Waals surface area contributed by atoms with Crippen molar-refractivity contribution in [1.82, 2.24) is 0 Å². The first kappa shape index (κ1) is 13.6. The van der Waals surface area contributed by atoms with Crippen LogP contribution in [0.4, 0.5) is 0 Å². The largest absolute Gasteiger partial charge is 0.480 e. The molecule has 0 heterocycles. The quantitative estimate of drug-likeness (QED) is 0.814. The first-order valence-electron chi connectivity index (χ1n) is 4.57. The number of carboxylic acids is 1. The Morgan fingerprint density at radius 1 is 1.50 bits per heavy atom. The van der Waals surface area contributed by atoms with Crippen LogP contribution in [0.1, 0.15) is 6.42 Å². The SMILES string of the molecule is NC(CCSc1cc(Cl)ccc1Cl)C(=O)O. The maximum absolute atomic E-state index is 10.5. The lowest BCUT2D eigenvalue weighted by atomic mass is 10.2. The van der Waals surface area contributed by atoms with Gasteiger partial charge >= 0.3 is 5.97 Å². The second-order valence-corrected chi connectivity index (χ2v) is 5.14. The van der Waals surface area contributed by atoms with Crippen molar-refractivity contribution in [2.75, 3.05) is 5.75 Å². The summed E-state index contributed by atoms with van der Waals surface area (Å²) in [6.07, 6.45) is 0.392. The van der Waals surface area contributed by atoms with E-state index < -0.39 is 12.0 Å². The van der Waals surface area contributed by atoms with E-state index in [1.165, 1.54) is 11.8 Å². The van der Waals surface area contributed by atoms with Gasteiger partial charge in [-0.25, -0.2) is 0 Å². The molecule has 1 aromatic carbocycles. The molecule has 0 radical (unpaired) electrons. The molecule has 1 atom stereocenters. The Morgan fingerprint density at radius 2 is 2.19 bits per heavy atom. The molecule has 0 bridgehead atoms. The van der Waals surface area contributed by atoms with Gasteiger partial charge in [-0.1, -0.05) is 23.2 Å². The van der Waals surface area contributed by atoms with Gasteiger partial charge in [-0.05, 0) is 24.6 Å². The predicted octanol–water partition coefficient (Wildman–Crippen LogP) is 2.89. The van der Waals surface area contributed by atoms with Gasteiger partial charge in [0, 0.05) is 15.7 Å². The number of rotatable bonds is 5. The number of carbonyl (C=O) groups is 1. The molecular formula is C10H11Cl2NO2S. The number of halogens is 2. The standard InChI is InChI=1S/C10H11Cl2NO2S/c11-6-1-2-7(12)9(5-6)16-4-3-8(13)10(14)15/h1-2,5,8H,3-4,13H2,(H,14,15). The number of benzene rings is 1. The maximum Gasteiger partial charge on any atom is 0.320 e. The van der Waals surface area contributed by atoms with Crippen LogP contribution in [0.25, 0.3) is 0 Å². The molecule has 1 aromatic rings. The van der Waals surface area contributed by atoms with Crippen molar-refractivity contribution < 1.29 is 9.90 Å². The fourth-order valence-electron chi connectivity index (χ4n) is 1.01. The molecule has 3 nitrogen and oxygen atoms in total. The molecule has 6 heteroatoms. The van der Waals surface area contributed by atoms with Crippen LogP contribution in [-0.4, -0.2) is 22.9 Å². The zero-order valence-corrected chi connectivity index (χ0v) is 10.6. The Hall–Kier alpha value is -0.420. The van der Waals surface area contributed by atoms with Crippen LogP contribution >= 0.6 is 35.0 Å². The molecule has 0 aliphatic heterocycles. The van der Waals surface area contributed by atoms with Gasteiger partial charge in [0.2, 0.25) is 0 Å². The van der Waals surface area contributed by atoms with Crippen molar-refractivity contribution in [2.45, 2.75) is 17.4 Å². The van der Waals surface area contributed by atoms with Crippen LogP contribution in [0.15, 0.2) is 23.1 Å². The number of thioether (sulfide) groups is 1. The molecule has 0 aromatic heterocycles. The van der Waals surface area contributed by atoms with Gasteiger partial charge in [0.05, 0.1) is 5.02 Å². The van der Waals surface area contributed by atoms with E-state index in [1.807, 2.05) is 0 Å². The van der Waals surface area contributed by atoms with Gasteiger partial charge in [0.15, 0.2) is 0 Å². The van der Waals surface area contributed by atoms with Gasteiger partial charge < -0.3 is 10.8 Å². The monoisotopic (exact) mass is 279 g/mol. The zero-order chi connectivity index (χ0) is 12.1. The van der Waals surface area contributed by atoms with Gasteiger partial charge in [0.25, 0.3) is 0 Å². The highest BCUT2D eigenvalue weighted by Crippen LogP contribution is 2.30. The molecule has 0 saturated carbocycles. The minimum atomic E-state index is -0.988. The van der Waals surface area contributed by atoms with Crippen LogP contribution in [0.3, 0.4) is 0 Å². The molecule has 16 heavy (non-hydrogen) atoms. The lowest BCUT2D eigenvalue weighted by Gasteiger charge is -2.07. The highest BCUT2D eigenvalue weighted by molar-refractivity contribution is 7.99. The third-order valence-electron chi connectivity index (χ3n) is 1.90. The van der Waals surface area contributed by atoms with E-state index in [0.29, 0.717) is 22.2 Å². The van der Waals surface area contributed by atoms with Gasteiger partial charge in [-0.2, -0.15) is 0 Å². The highest BCUT2D eigenvalue weighted by Gasteiger charge is 2.11. The minimum absolute atomic E-state index is 0.392. The van der Waals surface area contributed by atoms with E-state index >= 15 is 0 Å². The lowest BCUT2D eigenvalue weighted by molar-refractivity contribution is -0.138. The molecule has 3 N–H and O–H groups in total. The summed E-state index contributed by atoms with van der Waals surface area (Å²) in [5, 5.41) is 9.81. The molecular weight excluding hydrogens is 269 g/mol. The van der Waals surface area contributed by atoms with Crippen LogP contribution < -0.4 is 5.73 Å². The summed E-state index contributed by atoms with van der Waals surface area (Å²) in [6.45, 7) is 0. The summed E-state index contributed by atoms with van der Waals surface area (Å²) in [7, 11) is 0. The third-order valence-corrected chi connectivity index (χ3v) is 3.66. The Kier molecular flexibility index (Phi) is 5.41. The summed E-state index contributed by atoms with van der Waals surface area (Å²) in [4.78, 5) is 11.3. The molecule has 0 saturated heterocycles. The van der Waals surface area contributed by atoms with E-state index in [9.17, 15) is 4.79 Å². The van der Waals surface area contributed by atoms with E-state index in [2.05, 4.69) is 0 Å². The van der Waals surface area contributed by atoms with Gasteiger partial charge in [-0.3, -0.25) is 4.79 Å². The van der Waals surface area contributed by atoms with Crippen molar-refractivity contribution in [3.63, 3.8) is 0 Å². The Morgan fingerprint density at radius 3 is 2.81 bits per heavy atom. The van der Waals surface area contributed by atoms with Crippen molar-refractivity contribution in [3.05, 3.63) is 28.2 Å². The predicted molar refractivity (Wildman–Crippen MR) is 67.4 cm³/mol. The van der Waals surface area contributed by atoms with Crippen LogP contribution in [0, 0.1) is 0 Å². The molecule has 0 spiro atoms. The number of carboxylic acid groups (broad SMARTS) is 1. The zero-order valence-electron chi connectivity index (χ0n) is 8.32. The van der Waals surface area contributed by atoms with E-state index in [1.54, 1.807) is 18.2 Å². The van der Waals surface area contributed by atoms with Gasteiger partial charge in [0.1, 0.15) is 6.04 Å². The summed E-state index contributed by atoms with van der Waals surface area (Å²) in [5.74, 6) is -0.397. The smallest absolute Gasteiger partial charge is 0.320 e. The molecule has 0 aliphatic rings. The Bertz CT molecular complexity index is 387. The van der Waals surface area contributed by atoms with E-state index in [4.69, 9.17) is 34.0 Å². The van der Waals surface area contributed by atoms with Crippen molar-refractivity contribution in [1.29, 1.82) is 0 Å². The average Bonchev–Trinajstić information content (AvgIpc) is 2.22. The maximum atomic E-state index is 10.5. The fraction of sp³-hybridized carbons (Fsp3) is 0.300. The van der Waals surface area contributed by atoms with Crippen molar-refractivity contribution >= 4 is 40.9 Å². The summed E-state index contributed by atoms with van der Waals surface area (Å²) in [6, 6.07) is 4.34. The van der Waals surface area contributed by atoms with Crippen molar-refractivity contribution in [2.24, 2.45) is 5.73 Å². The average molecular weight is 280 g/mol. The van der Waals surface area contributed by atoms with E-state index in [0.717, 1.165) is 4.90 Å². The van der Waals surface area contributed by atoms with Crippen LogP contribution in [-0.2, 0) is 4.79 Å². The second-order valence-electron chi connectivity index (χ2n) is 3.16. The molecule has 1 rings (SSSR count). The first-order valence-corrected chi connectivity index (χ1v) is 6.31. The normalized spacial score (nSPS) is 12.4. The third kappa shape index (κ3) is 4.22. The summed E-state index contributed by atoms with van der Waals surface area (Å²) < 4.78 is 0. The molecule has 88 valence electrons. The number of aliphatic carboxylic acids is 1. The van der Waals surface area contributed by atoms with Gasteiger partial charge in [-0.15, -0.1) is 11.8 Å². The first-order chi connectivity index (χ1) is 7.50. The molecule has 0 aliphatic carbocycles. The highest BCUT2D eigenvalue weighted by atomic mass is 35.5. The Labute approximate surface area is 108 Å². The van der Waals surface area contributed by atoms with Crippen molar-refractivity contribution in [3.8, 4) is 0 Å². The topological polar surface area (TPSA) is 63.3 Å². The summed E-state index contributed by atoms with van der Waals surface area (Å²) >= 11 is 13.2. The van der Waals surface area contributed by atoms with Crippen LogP contribution in [0.2, 0.25) is 10.0 Å². The number of hydrogen-bond acceptors (Lipinski definition) is 3. The lowest BCUT2D eigenvalue weighted by Crippen LogP contribution is -2.30. The number of hydrogen-bond donors (Lipinski definition) is 2. The fourth-order valence-corrected chi connectivity index (χ4v) is 2.53. The Balaban J connectivity index is 2.48. The minimum Gasteiger partial charge on any atom is -0.480 e. The molecule has 0 fully saturated rings. The second kappa shape index (κ2) is 6.35. The molecule has 0 amide bonds. The summed E-state index contributed by atoms with van der Waals surface area (Å²) in [5.41, 5.74) is 5.38. The molecule has 1 unspecified atom stereocenters.